The standard InChI is InChI=1S/C17H13N2S/c1-18-15-13-8-4-5-9-14(13)20-17(15)19-10-11-6-2-3-7-12(11)16(18)19/h2-9H,10H2,1H3/q+1. The van der Waals surface area contributed by atoms with E-state index in [9.17, 15) is 0 Å². The predicted octanol–water partition coefficient (Wildman–Crippen LogP) is 3.71. The minimum absolute atomic E-state index is 0.996. The topological polar surface area (TPSA) is 8.81 Å². The Morgan fingerprint density at radius 3 is 2.80 bits per heavy atom. The van der Waals surface area contributed by atoms with Crippen LogP contribution in [-0.2, 0) is 13.6 Å². The van der Waals surface area contributed by atoms with Crippen molar-refractivity contribution in [3.8, 4) is 11.4 Å². The van der Waals surface area contributed by atoms with E-state index in [0.717, 1.165) is 6.54 Å². The summed E-state index contributed by atoms with van der Waals surface area (Å²) in [5.74, 6) is 1.34. The molecule has 0 radical (unpaired) electrons. The predicted molar refractivity (Wildman–Crippen MR) is 83.0 cm³/mol. The molecule has 4 aromatic rings. The van der Waals surface area contributed by atoms with E-state index in [0.29, 0.717) is 0 Å². The summed E-state index contributed by atoms with van der Waals surface area (Å²) in [4.78, 5) is 1.39. The lowest BCUT2D eigenvalue weighted by Crippen LogP contribution is -2.30. The molecule has 3 heterocycles. The van der Waals surface area contributed by atoms with Crippen molar-refractivity contribution in [3.05, 3.63) is 54.1 Å². The van der Waals surface area contributed by atoms with E-state index in [4.69, 9.17) is 0 Å². The van der Waals surface area contributed by atoms with Crippen LogP contribution in [0.4, 0.5) is 0 Å². The number of fused-ring (bicyclic) bond motifs is 7. The molecule has 2 aromatic heterocycles. The van der Waals surface area contributed by atoms with Gasteiger partial charge in [0.1, 0.15) is 6.54 Å². The van der Waals surface area contributed by atoms with E-state index < -0.39 is 0 Å². The molecule has 5 rings (SSSR count). The quantitative estimate of drug-likeness (QED) is 0.382. The molecule has 0 aliphatic carbocycles. The molecule has 2 aromatic carbocycles. The minimum Gasteiger partial charge on any atom is -0.224 e. The van der Waals surface area contributed by atoms with Crippen LogP contribution >= 0.6 is 11.3 Å². The number of aryl methyl sites for hydroxylation is 1. The number of hydrogen-bond donors (Lipinski definition) is 0. The minimum atomic E-state index is 0.996. The Bertz CT molecular complexity index is 991. The van der Waals surface area contributed by atoms with Crippen molar-refractivity contribution >= 4 is 31.8 Å². The molecule has 0 atom stereocenters. The Morgan fingerprint density at radius 2 is 1.85 bits per heavy atom. The van der Waals surface area contributed by atoms with E-state index in [-0.39, 0.29) is 0 Å². The monoisotopic (exact) mass is 277 g/mol. The average molecular weight is 277 g/mol. The Hall–Kier alpha value is -2.13. The van der Waals surface area contributed by atoms with Crippen molar-refractivity contribution in [1.29, 1.82) is 0 Å². The summed E-state index contributed by atoms with van der Waals surface area (Å²) in [7, 11) is 2.19. The maximum absolute atomic E-state index is 2.46. The fourth-order valence-electron chi connectivity index (χ4n) is 3.43. The van der Waals surface area contributed by atoms with Gasteiger partial charge in [-0.05, 0) is 18.2 Å². The number of aromatic nitrogens is 2. The van der Waals surface area contributed by atoms with Gasteiger partial charge in [0.05, 0.1) is 12.6 Å². The van der Waals surface area contributed by atoms with Crippen LogP contribution in [0, 0.1) is 0 Å². The van der Waals surface area contributed by atoms with Crippen LogP contribution in [0.3, 0.4) is 0 Å². The molecule has 1 aliphatic rings. The Morgan fingerprint density at radius 1 is 1.05 bits per heavy atom. The fraction of sp³-hybridized carbons (Fsp3) is 0.118. The van der Waals surface area contributed by atoms with Crippen LogP contribution in [0.25, 0.3) is 31.8 Å². The second-order valence-corrected chi connectivity index (χ2v) is 6.41. The van der Waals surface area contributed by atoms with Gasteiger partial charge in [0.25, 0.3) is 5.82 Å². The van der Waals surface area contributed by atoms with E-state index in [1.54, 1.807) is 0 Å². The maximum Gasteiger partial charge on any atom is 0.291 e. The molecule has 0 spiro atoms. The van der Waals surface area contributed by atoms with Gasteiger partial charge in [0, 0.05) is 15.6 Å². The number of rotatable bonds is 0. The number of nitrogens with zero attached hydrogens (tertiary/aromatic N) is 2. The van der Waals surface area contributed by atoms with Crippen LogP contribution in [0.2, 0.25) is 0 Å². The summed E-state index contributed by atoms with van der Waals surface area (Å²) in [5, 5.41) is 1.37. The highest BCUT2D eigenvalue weighted by atomic mass is 32.1. The third-order valence-electron chi connectivity index (χ3n) is 4.29. The molecular formula is C17H13N2S+. The normalized spacial score (nSPS) is 13.1. The lowest BCUT2D eigenvalue weighted by atomic mass is 10.1. The van der Waals surface area contributed by atoms with E-state index in [1.807, 2.05) is 11.3 Å². The third kappa shape index (κ3) is 1.12. The van der Waals surface area contributed by atoms with Crippen molar-refractivity contribution in [2.45, 2.75) is 6.54 Å². The summed E-state index contributed by atoms with van der Waals surface area (Å²) in [6, 6.07) is 17.4. The van der Waals surface area contributed by atoms with Crippen molar-refractivity contribution in [2.24, 2.45) is 7.05 Å². The van der Waals surface area contributed by atoms with Gasteiger partial charge in [0.2, 0.25) is 4.83 Å². The largest absolute Gasteiger partial charge is 0.291 e. The maximum atomic E-state index is 2.46. The first-order chi connectivity index (χ1) is 9.84. The fourth-order valence-corrected chi connectivity index (χ4v) is 4.66. The van der Waals surface area contributed by atoms with Gasteiger partial charge in [0.15, 0.2) is 5.52 Å². The second-order valence-electron chi connectivity index (χ2n) is 5.38. The molecule has 0 unspecified atom stereocenters. The van der Waals surface area contributed by atoms with Crippen LogP contribution in [0.1, 0.15) is 5.56 Å². The van der Waals surface area contributed by atoms with Gasteiger partial charge < -0.3 is 0 Å². The Balaban J connectivity index is 1.98. The highest BCUT2D eigenvalue weighted by Gasteiger charge is 2.34. The number of imidazole rings is 1. The van der Waals surface area contributed by atoms with Crippen LogP contribution < -0.4 is 4.57 Å². The molecule has 0 saturated heterocycles. The molecule has 0 bridgehead atoms. The Labute approximate surface area is 120 Å². The van der Waals surface area contributed by atoms with Gasteiger partial charge in [-0.15, -0.1) is 0 Å². The van der Waals surface area contributed by atoms with Gasteiger partial charge in [-0.25, -0.2) is 9.13 Å². The number of benzene rings is 2. The third-order valence-corrected chi connectivity index (χ3v) is 5.48. The molecule has 0 amide bonds. The SMILES string of the molecule is Cn1c2[n+](c3sc4ccccc4c31)Cc1ccccc1-2. The van der Waals surface area contributed by atoms with Crippen molar-refractivity contribution < 1.29 is 4.57 Å². The lowest BCUT2D eigenvalue weighted by Gasteiger charge is -1.95. The highest BCUT2D eigenvalue weighted by Crippen LogP contribution is 2.37. The van der Waals surface area contributed by atoms with Crippen LogP contribution in [0.15, 0.2) is 48.5 Å². The first-order valence-corrected chi connectivity index (χ1v) is 7.64. The molecular weight excluding hydrogens is 264 g/mol. The zero-order valence-corrected chi connectivity index (χ0v) is 11.9. The Kier molecular flexibility index (Phi) is 1.86. The first kappa shape index (κ1) is 10.6. The number of thiophene rings is 1. The molecule has 3 heteroatoms. The van der Waals surface area contributed by atoms with Gasteiger partial charge in [-0.1, -0.05) is 41.7 Å². The first-order valence-electron chi connectivity index (χ1n) is 6.82. The highest BCUT2D eigenvalue weighted by molar-refractivity contribution is 7.25. The van der Waals surface area contributed by atoms with Crippen molar-refractivity contribution in [3.63, 3.8) is 0 Å². The molecule has 20 heavy (non-hydrogen) atoms. The lowest BCUT2D eigenvalue weighted by molar-refractivity contribution is -0.644. The second kappa shape index (κ2) is 3.49. The molecule has 96 valence electrons. The van der Waals surface area contributed by atoms with Crippen molar-refractivity contribution in [1.82, 2.24) is 4.57 Å². The van der Waals surface area contributed by atoms with Gasteiger partial charge in [-0.2, -0.15) is 0 Å². The number of hydrogen-bond acceptors (Lipinski definition) is 1. The summed E-state index contributed by atoms with van der Waals surface area (Å²) in [5.41, 5.74) is 4.18. The van der Waals surface area contributed by atoms with Crippen LogP contribution in [0.5, 0.6) is 0 Å². The van der Waals surface area contributed by atoms with E-state index >= 15 is 0 Å². The summed E-state index contributed by atoms with van der Waals surface area (Å²) in [6.07, 6.45) is 0. The van der Waals surface area contributed by atoms with E-state index in [1.165, 1.54) is 37.4 Å². The smallest absolute Gasteiger partial charge is 0.224 e. The zero-order chi connectivity index (χ0) is 13.3. The molecule has 0 saturated carbocycles. The summed E-state index contributed by atoms with van der Waals surface area (Å²) < 4.78 is 6.20. The van der Waals surface area contributed by atoms with Gasteiger partial charge >= 0.3 is 0 Å². The molecule has 1 aliphatic heterocycles. The van der Waals surface area contributed by atoms with Crippen LogP contribution in [-0.4, -0.2) is 4.57 Å². The molecule has 2 nitrogen and oxygen atoms in total. The summed E-state index contributed by atoms with van der Waals surface area (Å²) in [6.45, 7) is 0.996. The van der Waals surface area contributed by atoms with Crippen molar-refractivity contribution in [2.75, 3.05) is 0 Å². The molecule has 0 fully saturated rings. The summed E-state index contributed by atoms with van der Waals surface area (Å²) >= 11 is 1.90. The average Bonchev–Trinajstić information content (AvgIpc) is 3.10. The van der Waals surface area contributed by atoms with E-state index in [2.05, 4.69) is 64.7 Å². The zero-order valence-electron chi connectivity index (χ0n) is 11.1. The molecule has 0 N–H and O–H groups in total. The van der Waals surface area contributed by atoms with Gasteiger partial charge in [-0.3, -0.25) is 0 Å².